The molecule has 3 aromatic rings. The monoisotopic (exact) mass is 395 g/mol. The zero-order valence-electron chi connectivity index (χ0n) is 16.4. The van der Waals surface area contributed by atoms with Crippen LogP contribution in [0.15, 0.2) is 41.1 Å². The maximum Gasteiger partial charge on any atom is 0.322 e. The number of benzene rings is 1. The molecule has 1 unspecified atom stereocenters. The Bertz CT molecular complexity index is 1040. The van der Waals surface area contributed by atoms with Crippen molar-refractivity contribution in [2.75, 3.05) is 11.9 Å². The summed E-state index contributed by atoms with van der Waals surface area (Å²) in [6, 6.07) is 6.53. The molecule has 1 atom stereocenters. The summed E-state index contributed by atoms with van der Waals surface area (Å²) in [7, 11) is 0. The topological polar surface area (TPSA) is 84.2 Å². The molecule has 2 aromatic heterocycles. The molecule has 150 valence electrons. The molecule has 1 aliphatic rings. The Morgan fingerprint density at radius 1 is 1.21 bits per heavy atom. The number of rotatable bonds is 3. The number of urea groups is 1. The van der Waals surface area contributed by atoms with Gasteiger partial charge in [-0.2, -0.15) is 0 Å². The molecule has 4 rings (SSSR count). The number of aromatic nitrogens is 3. The van der Waals surface area contributed by atoms with E-state index in [1.807, 2.05) is 25.1 Å². The molecule has 0 radical (unpaired) electrons. The molecule has 29 heavy (non-hydrogen) atoms. The molecule has 1 fully saturated rings. The van der Waals surface area contributed by atoms with Gasteiger partial charge in [0, 0.05) is 30.9 Å². The van der Waals surface area contributed by atoms with Gasteiger partial charge in [0.2, 0.25) is 11.8 Å². The van der Waals surface area contributed by atoms with Crippen molar-refractivity contribution in [2.24, 2.45) is 0 Å². The number of hydrogen-bond donors (Lipinski definition) is 1. The highest BCUT2D eigenvalue weighted by atomic mass is 19.1. The normalized spacial score (nSPS) is 16.7. The fourth-order valence-corrected chi connectivity index (χ4v) is 3.64. The van der Waals surface area contributed by atoms with E-state index in [4.69, 9.17) is 4.42 Å². The van der Waals surface area contributed by atoms with E-state index in [2.05, 4.69) is 20.5 Å². The van der Waals surface area contributed by atoms with Crippen LogP contribution in [-0.4, -0.2) is 32.7 Å². The van der Waals surface area contributed by atoms with Crippen LogP contribution in [0, 0.1) is 19.7 Å². The largest absolute Gasteiger partial charge is 0.423 e. The van der Waals surface area contributed by atoms with E-state index in [1.54, 1.807) is 18.0 Å². The minimum absolute atomic E-state index is 0.224. The first kappa shape index (κ1) is 19.0. The maximum atomic E-state index is 13.6. The van der Waals surface area contributed by atoms with E-state index >= 15 is 0 Å². The van der Waals surface area contributed by atoms with Crippen molar-refractivity contribution in [3.05, 3.63) is 59.8 Å². The number of halogens is 1. The molecule has 0 aliphatic carbocycles. The standard InChI is InChI=1S/C21H22FN5O2/c1-13-6-7-17(10-18(13)15-9-16(22)12-23-11-15)24-21(28)27-8-4-3-5-19(27)20-26-25-14(2)29-20/h6-7,9-12,19H,3-5,8H2,1-2H3,(H,24,28). The Morgan fingerprint density at radius 3 is 2.83 bits per heavy atom. The number of pyridine rings is 1. The van der Waals surface area contributed by atoms with Crippen molar-refractivity contribution >= 4 is 11.7 Å². The molecule has 1 saturated heterocycles. The van der Waals surface area contributed by atoms with Crippen LogP contribution in [-0.2, 0) is 0 Å². The Balaban J connectivity index is 1.57. The molecule has 1 aliphatic heterocycles. The van der Waals surface area contributed by atoms with Crippen LogP contribution in [0.2, 0.25) is 0 Å². The lowest BCUT2D eigenvalue weighted by Crippen LogP contribution is -2.41. The minimum atomic E-state index is -0.401. The van der Waals surface area contributed by atoms with Gasteiger partial charge in [0.15, 0.2) is 0 Å². The van der Waals surface area contributed by atoms with Crippen molar-refractivity contribution in [1.82, 2.24) is 20.1 Å². The predicted octanol–water partition coefficient (Wildman–Crippen LogP) is 4.65. The summed E-state index contributed by atoms with van der Waals surface area (Å²) in [5, 5.41) is 10.9. The van der Waals surface area contributed by atoms with Gasteiger partial charge in [-0.3, -0.25) is 4.98 Å². The zero-order chi connectivity index (χ0) is 20.4. The number of carbonyl (C=O) groups is 1. The van der Waals surface area contributed by atoms with Gasteiger partial charge in [-0.1, -0.05) is 6.07 Å². The molecule has 7 nitrogen and oxygen atoms in total. The Kier molecular flexibility index (Phi) is 5.24. The average molecular weight is 395 g/mol. The highest BCUT2D eigenvalue weighted by molar-refractivity contribution is 5.90. The molecule has 2 amide bonds. The first-order valence-corrected chi connectivity index (χ1v) is 9.60. The summed E-state index contributed by atoms with van der Waals surface area (Å²) in [6.07, 6.45) is 5.47. The lowest BCUT2D eigenvalue weighted by molar-refractivity contribution is 0.147. The lowest BCUT2D eigenvalue weighted by Gasteiger charge is -2.33. The van der Waals surface area contributed by atoms with E-state index in [-0.39, 0.29) is 12.1 Å². The SMILES string of the molecule is Cc1nnc(C2CCCCN2C(=O)Nc2ccc(C)c(-c3cncc(F)c3)c2)o1. The third-order valence-electron chi connectivity index (χ3n) is 5.10. The third kappa shape index (κ3) is 4.11. The zero-order valence-corrected chi connectivity index (χ0v) is 16.4. The molecular formula is C21H22FN5O2. The summed E-state index contributed by atoms with van der Waals surface area (Å²) in [5.41, 5.74) is 3.08. The van der Waals surface area contributed by atoms with Crippen molar-refractivity contribution in [3.63, 3.8) is 0 Å². The fourth-order valence-electron chi connectivity index (χ4n) is 3.64. The maximum absolute atomic E-state index is 13.6. The van der Waals surface area contributed by atoms with E-state index in [9.17, 15) is 9.18 Å². The molecule has 1 aromatic carbocycles. The quantitative estimate of drug-likeness (QED) is 0.698. The third-order valence-corrected chi connectivity index (χ3v) is 5.10. The fraction of sp³-hybridized carbons (Fsp3) is 0.333. The van der Waals surface area contributed by atoms with Crippen molar-refractivity contribution in [2.45, 2.75) is 39.2 Å². The van der Waals surface area contributed by atoms with E-state index in [1.165, 1.54) is 12.3 Å². The Hall–Kier alpha value is -3.29. The van der Waals surface area contributed by atoms with Gasteiger partial charge in [-0.25, -0.2) is 9.18 Å². The Morgan fingerprint density at radius 2 is 2.07 bits per heavy atom. The van der Waals surface area contributed by atoms with Crippen molar-refractivity contribution in [3.8, 4) is 11.1 Å². The number of aryl methyl sites for hydroxylation is 2. The summed E-state index contributed by atoms with van der Waals surface area (Å²) < 4.78 is 19.2. The molecule has 1 N–H and O–H groups in total. The van der Waals surface area contributed by atoms with Crippen LogP contribution in [0.4, 0.5) is 14.9 Å². The van der Waals surface area contributed by atoms with Gasteiger partial charge in [0.25, 0.3) is 0 Å². The number of anilines is 1. The smallest absolute Gasteiger partial charge is 0.322 e. The van der Waals surface area contributed by atoms with E-state index in [0.29, 0.717) is 29.6 Å². The number of hydrogen-bond acceptors (Lipinski definition) is 5. The highest BCUT2D eigenvalue weighted by Crippen LogP contribution is 2.31. The van der Waals surface area contributed by atoms with Gasteiger partial charge in [0.1, 0.15) is 11.9 Å². The van der Waals surface area contributed by atoms with Crippen LogP contribution < -0.4 is 5.32 Å². The van der Waals surface area contributed by atoms with Gasteiger partial charge in [-0.05, 0) is 55.5 Å². The second-order valence-electron chi connectivity index (χ2n) is 7.22. The van der Waals surface area contributed by atoms with Crippen LogP contribution >= 0.6 is 0 Å². The van der Waals surface area contributed by atoms with Gasteiger partial charge in [0.05, 0.1) is 6.20 Å². The molecule has 3 heterocycles. The molecule has 0 bridgehead atoms. The number of nitrogens with zero attached hydrogens (tertiary/aromatic N) is 4. The average Bonchev–Trinajstić information content (AvgIpc) is 3.15. The van der Waals surface area contributed by atoms with Crippen LogP contribution in [0.5, 0.6) is 0 Å². The Labute approximate surface area is 168 Å². The summed E-state index contributed by atoms with van der Waals surface area (Å²) in [5.74, 6) is 0.549. The molecule has 8 heteroatoms. The number of piperidine rings is 1. The molecule has 0 spiro atoms. The minimum Gasteiger partial charge on any atom is -0.423 e. The number of carbonyl (C=O) groups excluding carboxylic acids is 1. The first-order chi connectivity index (χ1) is 14.0. The second-order valence-corrected chi connectivity index (χ2v) is 7.22. The lowest BCUT2D eigenvalue weighted by atomic mass is 10.0. The molecular weight excluding hydrogens is 373 g/mol. The number of nitrogens with one attached hydrogen (secondary N) is 1. The summed E-state index contributed by atoms with van der Waals surface area (Å²) in [4.78, 5) is 18.7. The second kappa shape index (κ2) is 7.98. The van der Waals surface area contributed by atoms with E-state index < -0.39 is 5.82 Å². The van der Waals surface area contributed by atoms with Crippen LogP contribution in [0.25, 0.3) is 11.1 Å². The van der Waals surface area contributed by atoms with Crippen molar-refractivity contribution in [1.29, 1.82) is 0 Å². The van der Waals surface area contributed by atoms with Gasteiger partial charge >= 0.3 is 6.03 Å². The predicted molar refractivity (Wildman–Crippen MR) is 106 cm³/mol. The van der Waals surface area contributed by atoms with Crippen LogP contribution in [0.1, 0.15) is 42.6 Å². The van der Waals surface area contributed by atoms with Crippen LogP contribution in [0.3, 0.4) is 0 Å². The first-order valence-electron chi connectivity index (χ1n) is 9.60. The van der Waals surface area contributed by atoms with E-state index in [0.717, 1.165) is 30.4 Å². The van der Waals surface area contributed by atoms with Gasteiger partial charge in [-0.15, -0.1) is 10.2 Å². The summed E-state index contributed by atoms with van der Waals surface area (Å²) in [6.45, 7) is 4.29. The van der Waals surface area contributed by atoms with Crippen molar-refractivity contribution < 1.29 is 13.6 Å². The number of amides is 2. The summed E-state index contributed by atoms with van der Waals surface area (Å²) >= 11 is 0. The molecule has 0 saturated carbocycles. The van der Waals surface area contributed by atoms with Gasteiger partial charge < -0.3 is 14.6 Å². The number of likely N-dealkylation sites (tertiary alicyclic amines) is 1. The highest BCUT2D eigenvalue weighted by Gasteiger charge is 2.31.